The first-order chi connectivity index (χ1) is 11.1. The fraction of sp³-hybridized carbons (Fsp3) is 0.400. The van der Waals surface area contributed by atoms with Crippen LogP contribution in [0.5, 0.6) is 0 Å². The zero-order valence-corrected chi connectivity index (χ0v) is 17.6. The van der Waals surface area contributed by atoms with E-state index in [1.165, 1.54) is 55.4 Å². The molecule has 0 aliphatic rings. The van der Waals surface area contributed by atoms with Gasteiger partial charge in [-0.15, -0.1) is 0 Å². The van der Waals surface area contributed by atoms with Gasteiger partial charge in [0, 0.05) is 0 Å². The molecule has 0 saturated carbocycles. The lowest BCUT2D eigenvalue weighted by molar-refractivity contribution is 1.27. The molecule has 0 atom stereocenters. The predicted molar refractivity (Wildman–Crippen MR) is 113 cm³/mol. The number of halogens is 2. The van der Waals surface area contributed by atoms with Crippen molar-refractivity contribution < 1.29 is 0 Å². The maximum absolute atomic E-state index is 6.96. The summed E-state index contributed by atoms with van der Waals surface area (Å²) in [6, 6.07) is 3.97. The van der Waals surface area contributed by atoms with Crippen LogP contribution in [0.25, 0.3) is 0 Å². The minimum atomic E-state index is -0.246. The SMILES string of the molecule is Cc1cc(C)c(C)c(B(Cl)B(Cl)c2c(C)c(C)cc(C)c2C)c1C. The Labute approximate surface area is 157 Å². The molecule has 0 aromatic heterocycles. The molecule has 0 aliphatic carbocycles. The van der Waals surface area contributed by atoms with E-state index in [1.54, 1.807) is 0 Å². The van der Waals surface area contributed by atoms with E-state index in [0.717, 1.165) is 0 Å². The Morgan fingerprint density at radius 3 is 0.917 bits per heavy atom. The van der Waals surface area contributed by atoms with Crippen LogP contribution in [0.15, 0.2) is 12.1 Å². The predicted octanol–water partition coefficient (Wildman–Crippen LogP) is 4.81. The highest BCUT2D eigenvalue weighted by Crippen LogP contribution is 2.20. The van der Waals surface area contributed by atoms with Crippen molar-refractivity contribution in [1.82, 2.24) is 0 Å². The van der Waals surface area contributed by atoms with Gasteiger partial charge in [-0.1, -0.05) is 45.3 Å². The van der Waals surface area contributed by atoms with Gasteiger partial charge >= 0.3 is 0 Å². The zero-order valence-electron chi connectivity index (χ0n) is 16.1. The van der Waals surface area contributed by atoms with Crippen molar-refractivity contribution in [2.45, 2.75) is 55.4 Å². The molecule has 0 saturated heterocycles. The molecule has 0 amide bonds. The molecule has 24 heavy (non-hydrogen) atoms. The topological polar surface area (TPSA) is 0 Å². The summed E-state index contributed by atoms with van der Waals surface area (Å²) in [4.78, 5) is 0. The van der Waals surface area contributed by atoms with Crippen LogP contribution in [0, 0.1) is 55.4 Å². The van der Waals surface area contributed by atoms with Crippen molar-refractivity contribution in [3.63, 3.8) is 0 Å². The van der Waals surface area contributed by atoms with Crippen LogP contribution in [0.3, 0.4) is 0 Å². The van der Waals surface area contributed by atoms with E-state index in [4.69, 9.17) is 22.9 Å². The Bertz CT molecular complexity index is 677. The molecule has 126 valence electrons. The summed E-state index contributed by atoms with van der Waals surface area (Å²) >= 11 is 13.9. The molecule has 2 rings (SSSR count). The molecule has 2 aromatic rings. The summed E-state index contributed by atoms with van der Waals surface area (Å²) in [5.74, 6) is 0. The summed E-state index contributed by atoms with van der Waals surface area (Å²) in [7, 11) is 0. The minimum absolute atomic E-state index is 0.246. The van der Waals surface area contributed by atoms with Crippen molar-refractivity contribution >= 4 is 45.9 Å². The fourth-order valence-electron chi connectivity index (χ4n) is 3.61. The van der Waals surface area contributed by atoms with Gasteiger partial charge in [0.25, 0.3) is 12.0 Å². The molecule has 0 heterocycles. The van der Waals surface area contributed by atoms with Crippen LogP contribution in [-0.4, -0.2) is 12.0 Å². The summed E-state index contributed by atoms with van der Waals surface area (Å²) in [5.41, 5.74) is 12.5. The van der Waals surface area contributed by atoms with Gasteiger partial charge in [-0.3, -0.25) is 0 Å². The average Bonchev–Trinajstić information content (AvgIpc) is 2.51. The van der Waals surface area contributed by atoms with Crippen molar-refractivity contribution in [2.24, 2.45) is 0 Å². The maximum atomic E-state index is 6.96. The van der Waals surface area contributed by atoms with Gasteiger partial charge < -0.3 is 0 Å². The summed E-state index contributed by atoms with van der Waals surface area (Å²) in [5, 5.41) is 0. The molecule has 0 aliphatic heterocycles. The number of hydrogen-bond donors (Lipinski definition) is 0. The van der Waals surface area contributed by atoms with Crippen LogP contribution in [0.2, 0.25) is 0 Å². The van der Waals surface area contributed by atoms with Gasteiger partial charge in [0.2, 0.25) is 0 Å². The Morgan fingerprint density at radius 1 is 0.500 bits per heavy atom. The van der Waals surface area contributed by atoms with E-state index in [-0.39, 0.29) is 12.0 Å². The molecular formula is C20H26B2Cl2. The average molecular weight is 359 g/mol. The van der Waals surface area contributed by atoms with Crippen LogP contribution < -0.4 is 10.9 Å². The number of benzene rings is 2. The molecule has 0 unspecified atom stereocenters. The largest absolute Gasteiger partial charge is 0.276 e. The molecule has 2 aromatic carbocycles. The second-order valence-electron chi connectivity index (χ2n) is 7.15. The molecule has 0 N–H and O–H groups in total. The highest BCUT2D eigenvalue weighted by molar-refractivity contribution is 7.63. The normalized spacial score (nSPS) is 10.9. The van der Waals surface area contributed by atoms with E-state index >= 15 is 0 Å². The van der Waals surface area contributed by atoms with E-state index in [9.17, 15) is 0 Å². The van der Waals surface area contributed by atoms with Crippen molar-refractivity contribution in [1.29, 1.82) is 0 Å². The van der Waals surface area contributed by atoms with Crippen molar-refractivity contribution in [2.75, 3.05) is 0 Å². The fourth-order valence-corrected chi connectivity index (χ4v) is 4.52. The van der Waals surface area contributed by atoms with Crippen LogP contribution in [-0.2, 0) is 0 Å². The standard InChI is InChI=1S/C20H26B2Cl2/c1-11-9-12(2)16(6)19(15(11)5)21(23)22(24)20-17(7)13(3)10-14(4)18(20)8/h9-10H,1-8H3. The molecule has 0 fully saturated rings. The molecule has 0 spiro atoms. The Balaban J connectivity index is 2.63. The van der Waals surface area contributed by atoms with Crippen LogP contribution >= 0.6 is 22.9 Å². The first-order valence-corrected chi connectivity index (χ1v) is 9.37. The van der Waals surface area contributed by atoms with Gasteiger partial charge in [-0.05, 0) is 77.6 Å². The zero-order chi connectivity index (χ0) is 18.3. The molecule has 4 heteroatoms. The molecule has 0 radical (unpaired) electrons. The van der Waals surface area contributed by atoms with Gasteiger partial charge in [-0.2, -0.15) is 22.9 Å². The summed E-state index contributed by atoms with van der Waals surface area (Å²) in [6.07, 6.45) is 0. The van der Waals surface area contributed by atoms with Crippen LogP contribution in [0.1, 0.15) is 44.5 Å². The summed E-state index contributed by atoms with van der Waals surface area (Å²) < 4.78 is 0. The molecular weight excluding hydrogens is 333 g/mol. The lowest BCUT2D eigenvalue weighted by atomic mass is 9.29. The Morgan fingerprint density at radius 2 is 0.708 bits per heavy atom. The van der Waals surface area contributed by atoms with E-state index < -0.39 is 0 Å². The van der Waals surface area contributed by atoms with Gasteiger partial charge in [0.15, 0.2) is 0 Å². The second kappa shape index (κ2) is 7.18. The third-order valence-corrected chi connectivity index (χ3v) is 6.73. The highest BCUT2D eigenvalue weighted by Gasteiger charge is 2.35. The lowest BCUT2D eigenvalue weighted by Crippen LogP contribution is -2.50. The quantitative estimate of drug-likeness (QED) is 0.691. The van der Waals surface area contributed by atoms with Crippen molar-refractivity contribution in [3.8, 4) is 0 Å². The first-order valence-electron chi connectivity index (χ1n) is 8.50. The molecule has 0 nitrogen and oxygen atoms in total. The third kappa shape index (κ3) is 3.28. The maximum Gasteiger partial charge on any atom is 0.276 e. The number of rotatable bonds is 3. The Kier molecular flexibility index (Phi) is 5.83. The molecule has 0 bridgehead atoms. The smallest absolute Gasteiger partial charge is 0.197 e. The minimum Gasteiger partial charge on any atom is -0.197 e. The third-order valence-electron chi connectivity index (χ3n) is 5.66. The number of hydrogen-bond acceptors (Lipinski definition) is 0. The van der Waals surface area contributed by atoms with Crippen molar-refractivity contribution in [3.05, 3.63) is 56.6 Å². The van der Waals surface area contributed by atoms with E-state index in [1.807, 2.05) is 0 Å². The highest BCUT2D eigenvalue weighted by atomic mass is 35.5. The lowest BCUT2D eigenvalue weighted by Gasteiger charge is -2.23. The van der Waals surface area contributed by atoms with E-state index in [0.29, 0.717) is 0 Å². The van der Waals surface area contributed by atoms with Gasteiger partial charge in [0.05, 0.1) is 0 Å². The second-order valence-corrected chi connectivity index (χ2v) is 8.09. The monoisotopic (exact) mass is 358 g/mol. The number of aryl methyl sites for hydroxylation is 4. The summed E-state index contributed by atoms with van der Waals surface area (Å²) in [6.45, 7) is 17.2. The first kappa shape index (κ1) is 19.5. The van der Waals surface area contributed by atoms with Crippen LogP contribution in [0.4, 0.5) is 0 Å². The van der Waals surface area contributed by atoms with Gasteiger partial charge in [-0.25, -0.2) is 0 Å². The van der Waals surface area contributed by atoms with Gasteiger partial charge in [0.1, 0.15) is 0 Å². The Hall–Kier alpha value is -0.850. The van der Waals surface area contributed by atoms with E-state index in [2.05, 4.69) is 67.5 Å².